The molecule has 2 rings (SSSR count). The summed E-state index contributed by atoms with van der Waals surface area (Å²) in [6.45, 7) is 2.11. The van der Waals surface area contributed by atoms with Crippen LogP contribution in [0.2, 0.25) is 0 Å². The Labute approximate surface area is 105 Å². The normalized spacial score (nSPS) is 10.1. The van der Waals surface area contributed by atoms with Crippen molar-refractivity contribution in [3.63, 3.8) is 0 Å². The lowest BCUT2D eigenvalue weighted by Gasteiger charge is -2.06. The van der Waals surface area contributed by atoms with Gasteiger partial charge in [-0.1, -0.05) is 42.0 Å². The fraction of sp³-hybridized carbons (Fsp3) is 0.133. The zero-order valence-corrected chi connectivity index (χ0v) is 10.0. The second-order valence-electron chi connectivity index (χ2n) is 4.05. The van der Waals surface area contributed by atoms with E-state index in [9.17, 15) is 9.18 Å². The van der Waals surface area contributed by atoms with E-state index in [0.29, 0.717) is 0 Å². The van der Waals surface area contributed by atoms with Gasteiger partial charge in [0.15, 0.2) is 0 Å². The Morgan fingerprint density at radius 3 is 2.67 bits per heavy atom. The Balaban J connectivity index is 2.03. The number of hydrogen-bond donors (Lipinski definition) is 0. The lowest BCUT2D eigenvalue weighted by Crippen LogP contribution is -2.07. The van der Waals surface area contributed by atoms with Crippen LogP contribution in [0.15, 0.2) is 48.5 Å². The summed E-state index contributed by atoms with van der Waals surface area (Å²) in [6.07, 6.45) is 0. The van der Waals surface area contributed by atoms with Gasteiger partial charge in [-0.3, -0.25) is 0 Å². The average Bonchev–Trinajstić information content (AvgIpc) is 2.37. The minimum Gasteiger partial charge on any atom is -0.457 e. The van der Waals surface area contributed by atoms with Gasteiger partial charge in [-0.25, -0.2) is 9.18 Å². The predicted molar refractivity (Wildman–Crippen MR) is 66.7 cm³/mol. The molecule has 0 spiro atoms. The van der Waals surface area contributed by atoms with Crippen LogP contribution in [0.4, 0.5) is 4.39 Å². The summed E-state index contributed by atoms with van der Waals surface area (Å²) in [5, 5.41) is 0. The van der Waals surface area contributed by atoms with Crippen molar-refractivity contribution in [2.45, 2.75) is 13.5 Å². The van der Waals surface area contributed by atoms with E-state index in [1.54, 1.807) is 6.07 Å². The third-order valence-electron chi connectivity index (χ3n) is 2.55. The maximum Gasteiger partial charge on any atom is 0.341 e. The summed E-state index contributed by atoms with van der Waals surface area (Å²) in [5.41, 5.74) is 1.94. The Morgan fingerprint density at radius 2 is 1.94 bits per heavy atom. The van der Waals surface area contributed by atoms with Gasteiger partial charge in [0.1, 0.15) is 12.4 Å². The minimum atomic E-state index is -0.644. The molecule has 3 heteroatoms. The van der Waals surface area contributed by atoms with Crippen molar-refractivity contribution in [1.29, 1.82) is 0 Å². The van der Waals surface area contributed by atoms with Crippen molar-refractivity contribution >= 4 is 5.97 Å². The van der Waals surface area contributed by atoms with Crippen molar-refractivity contribution in [3.05, 3.63) is 71.0 Å². The first kappa shape index (κ1) is 12.3. The van der Waals surface area contributed by atoms with Crippen LogP contribution in [0.25, 0.3) is 0 Å². The van der Waals surface area contributed by atoms with E-state index < -0.39 is 11.8 Å². The van der Waals surface area contributed by atoms with Gasteiger partial charge in [-0.15, -0.1) is 0 Å². The molecule has 0 saturated carbocycles. The largest absolute Gasteiger partial charge is 0.457 e. The van der Waals surface area contributed by atoms with Gasteiger partial charge >= 0.3 is 5.97 Å². The standard InChI is InChI=1S/C15H13FO2/c1-11-5-4-6-12(9-11)10-18-15(17)13-7-2-3-8-14(13)16/h2-9H,10H2,1H3. The van der Waals surface area contributed by atoms with Crippen LogP contribution in [-0.4, -0.2) is 5.97 Å². The van der Waals surface area contributed by atoms with E-state index in [1.165, 1.54) is 18.2 Å². The molecule has 0 heterocycles. The average molecular weight is 244 g/mol. The maximum absolute atomic E-state index is 13.3. The Morgan fingerprint density at radius 1 is 1.17 bits per heavy atom. The number of rotatable bonds is 3. The van der Waals surface area contributed by atoms with Crippen LogP contribution in [0.3, 0.4) is 0 Å². The van der Waals surface area contributed by atoms with Crippen molar-refractivity contribution in [1.82, 2.24) is 0 Å². The van der Waals surface area contributed by atoms with Crippen LogP contribution >= 0.6 is 0 Å². The molecule has 0 aliphatic rings. The third-order valence-corrected chi connectivity index (χ3v) is 2.55. The Hall–Kier alpha value is -2.16. The molecular weight excluding hydrogens is 231 g/mol. The summed E-state index contributed by atoms with van der Waals surface area (Å²) in [7, 11) is 0. The molecule has 0 aliphatic heterocycles. The number of carbonyl (C=O) groups is 1. The molecule has 0 saturated heterocycles. The summed E-state index contributed by atoms with van der Waals surface area (Å²) < 4.78 is 18.4. The summed E-state index contributed by atoms with van der Waals surface area (Å²) in [6, 6.07) is 13.4. The molecule has 0 unspecified atom stereocenters. The molecule has 2 aromatic carbocycles. The van der Waals surface area contributed by atoms with Gasteiger partial charge in [-0.2, -0.15) is 0 Å². The number of hydrogen-bond acceptors (Lipinski definition) is 2. The molecular formula is C15H13FO2. The summed E-state index contributed by atoms with van der Waals surface area (Å²) in [4.78, 5) is 11.7. The zero-order chi connectivity index (χ0) is 13.0. The monoisotopic (exact) mass is 244 g/mol. The van der Waals surface area contributed by atoms with Crippen LogP contribution in [-0.2, 0) is 11.3 Å². The molecule has 2 aromatic rings. The number of carbonyl (C=O) groups excluding carboxylic acids is 1. The molecule has 0 N–H and O–H groups in total. The quantitative estimate of drug-likeness (QED) is 0.772. The highest BCUT2D eigenvalue weighted by atomic mass is 19.1. The maximum atomic E-state index is 13.3. The van der Waals surface area contributed by atoms with Gasteiger partial charge in [-0.05, 0) is 24.6 Å². The lowest BCUT2D eigenvalue weighted by molar-refractivity contribution is 0.0467. The summed E-state index contributed by atoms with van der Waals surface area (Å²) >= 11 is 0. The van der Waals surface area contributed by atoms with E-state index in [4.69, 9.17) is 4.74 Å². The zero-order valence-electron chi connectivity index (χ0n) is 10.0. The summed E-state index contributed by atoms with van der Waals surface area (Å²) in [5.74, 6) is -1.21. The number of benzene rings is 2. The van der Waals surface area contributed by atoms with E-state index in [1.807, 2.05) is 31.2 Å². The molecule has 0 atom stereocenters. The first-order valence-electron chi connectivity index (χ1n) is 5.64. The van der Waals surface area contributed by atoms with Crippen molar-refractivity contribution in [2.24, 2.45) is 0 Å². The molecule has 0 fully saturated rings. The number of aryl methyl sites for hydroxylation is 1. The van der Waals surface area contributed by atoms with Gasteiger partial charge in [0.25, 0.3) is 0 Å². The van der Waals surface area contributed by atoms with Gasteiger partial charge < -0.3 is 4.74 Å². The highest BCUT2D eigenvalue weighted by molar-refractivity contribution is 5.89. The van der Waals surface area contributed by atoms with Crippen molar-refractivity contribution in [2.75, 3.05) is 0 Å². The fourth-order valence-corrected chi connectivity index (χ4v) is 1.66. The molecule has 2 nitrogen and oxygen atoms in total. The minimum absolute atomic E-state index is 0.0369. The predicted octanol–water partition coefficient (Wildman–Crippen LogP) is 3.49. The number of halogens is 1. The van der Waals surface area contributed by atoms with Crippen LogP contribution in [0.1, 0.15) is 21.5 Å². The highest BCUT2D eigenvalue weighted by Gasteiger charge is 2.11. The van der Waals surface area contributed by atoms with Crippen molar-refractivity contribution < 1.29 is 13.9 Å². The van der Waals surface area contributed by atoms with E-state index in [2.05, 4.69) is 0 Å². The third kappa shape index (κ3) is 2.94. The first-order chi connectivity index (χ1) is 8.66. The molecule has 0 aliphatic carbocycles. The fourth-order valence-electron chi connectivity index (χ4n) is 1.66. The van der Waals surface area contributed by atoms with Gasteiger partial charge in [0.2, 0.25) is 0 Å². The van der Waals surface area contributed by atoms with Gasteiger partial charge in [0.05, 0.1) is 5.56 Å². The molecule has 0 amide bonds. The number of ether oxygens (including phenoxy) is 1. The van der Waals surface area contributed by atoms with Crippen LogP contribution in [0.5, 0.6) is 0 Å². The molecule has 92 valence electrons. The molecule has 0 bridgehead atoms. The molecule has 18 heavy (non-hydrogen) atoms. The highest BCUT2D eigenvalue weighted by Crippen LogP contribution is 2.10. The molecule has 0 aromatic heterocycles. The van der Waals surface area contributed by atoms with Gasteiger partial charge in [0, 0.05) is 0 Å². The SMILES string of the molecule is Cc1cccc(COC(=O)c2ccccc2F)c1. The second-order valence-corrected chi connectivity index (χ2v) is 4.05. The Kier molecular flexibility index (Phi) is 3.72. The van der Waals surface area contributed by atoms with Crippen LogP contribution in [0, 0.1) is 12.7 Å². The number of esters is 1. The van der Waals surface area contributed by atoms with Crippen LogP contribution < -0.4 is 0 Å². The van der Waals surface area contributed by atoms with E-state index >= 15 is 0 Å². The second kappa shape index (κ2) is 5.45. The van der Waals surface area contributed by atoms with E-state index in [0.717, 1.165) is 11.1 Å². The van der Waals surface area contributed by atoms with Crippen molar-refractivity contribution in [3.8, 4) is 0 Å². The topological polar surface area (TPSA) is 26.3 Å². The first-order valence-corrected chi connectivity index (χ1v) is 5.64. The lowest BCUT2D eigenvalue weighted by atomic mass is 10.1. The smallest absolute Gasteiger partial charge is 0.341 e. The Bertz CT molecular complexity index is 564. The molecule has 0 radical (unpaired) electrons. The van der Waals surface area contributed by atoms with E-state index in [-0.39, 0.29) is 12.2 Å².